The number of benzene rings is 1. The molecule has 140 valence electrons. The van der Waals surface area contributed by atoms with Crippen molar-refractivity contribution in [3.63, 3.8) is 0 Å². The van der Waals surface area contributed by atoms with E-state index in [9.17, 15) is 28.1 Å². The minimum atomic E-state index is -4.71. The number of hydrazine groups is 1. The maximum atomic E-state index is 12.9. The third-order valence-corrected chi connectivity index (χ3v) is 3.45. The van der Waals surface area contributed by atoms with Crippen LogP contribution in [0.25, 0.3) is 0 Å². The number of hydrogen-bond donors (Lipinski definition) is 2. The third-order valence-electron chi connectivity index (χ3n) is 3.45. The molecule has 1 heterocycles. The number of aryl methyl sites for hydroxylation is 1. The first-order valence-electron chi connectivity index (χ1n) is 7.39. The molecule has 0 unspecified atom stereocenters. The molecular weight excluding hydrogens is 367 g/mol. The number of anilines is 1. The van der Waals surface area contributed by atoms with Gasteiger partial charge in [-0.25, -0.2) is 4.98 Å². The van der Waals surface area contributed by atoms with Crippen LogP contribution in [0.5, 0.6) is 0 Å². The average molecular weight is 379 g/mol. The fourth-order valence-corrected chi connectivity index (χ4v) is 2.14. The van der Waals surface area contributed by atoms with E-state index in [-0.39, 0.29) is 23.2 Å². The summed E-state index contributed by atoms with van der Waals surface area (Å²) in [6.45, 7) is 1.32. The molecule has 0 saturated carbocycles. The van der Waals surface area contributed by atoms with Crippen LogP contribution in [0.4, 0.5) is 24.7 Å². The van der Waals surface area contributed by atoms with E-state index in [0.717, 1.165) is 6.07 Å². The molecule has 8 nitrogen and oxygen atoms in total. The second-order valence-electron chi connectivity index (χ2n) is 5.43. The van der Waals surface area contributed by atoms with Crippen molar-refractivity contribution < 1.29 is 22.9 Å². The third kappa shape index (κ3) is 4.91. The van der Waals surface area contributed by atoms with Gasteiger partial charge >= 0.3 is 6.18 Å². The zero-order valence-electron chi connectivity index (χ0n) is 13.8. The summed E-state index contributed by atoms with van der Waals surface area (Å²) in [5.74, 6) is -1.06. The monoisotopic (exact) mass is 379 g/mol. The van der Waals surface area contributed by atoms with Crippen LogP contribution in [-0.2, 0) is 17.4 Å². The van der Waals surface area contributed by atoms with Gasteiger partial charge in [0, 0.05) is 12.1 Å². The van der Waals surface area contributed by atoms with Crippen LogP contribution in [0.2, 0.25) is 0 Å². The molecule has 0 saturated heterocycles. The molecule has 2 rings (SSSR count). The van der Waals surface area contributed by atoms with Crippen LogP contribution in [0.15, 0.2) is 30.3 Å². The first-order valence-corrected chi connectivity index (χ1v) is 7.39. The Balaban J connectivity index is 2.11. The Morgan fingerprint density at radius 3 is 2.48 bits per heavy atom. The second kappa shape index (κ2) is 7.69. The lowest BCUT2D eigenvalue weighted by Gasteiger charge is -2.14. The normalized spacial score (nSPS) is 10.8. The van der Waals surface area contributed by atoms with Gasteiger partial charge in [-0.2, -0.15) is 18.4 Å². The molecular formula is C16H12F3N5O3. The molecule has 2 aromatic rings. The number of alkyl halides is 3. The lowest BCUT2D eigenvalue weighted by Crippen LogP contribution is -2.32. The summed E-state index contributed by atoms with van der Waals surface area (Å²) in [6.07, 6.45) is -4.90. The zero-order chi connectivity index (χ0) is 20.2. The Labute approximate surface area is 150 Å². The fraction of sp³-hybridized carbons (Fsp3) is 0.188. The SMILES string of the molecule is Cc1cc(C(F)(F)F)nc(NNC(=O)Cc2ccc([N+](=O)[O-])cc2)c1C#N. The maximum Gasteiger partial charge on any atom is 0.433 e. The Morgan fingerprint density at radius 1 is 1.33 bits per heavy atom. The summed E-state index contributed by atoms with van der Waals surface area (Å²) in [5.41, 5.74) is 3.41. The topological polar surface area (TPSA) is 121 Å². The number of nitro groups is 1. The molecule has 0 aliphatic rings. The Bertz CT molecular complexity index is 921. The molecule has 27 heavy (non-hydrogen) atoms. The van der Waals surface area contributed by atoms with Gasteiger partial charge in [0.1, 0.15) is 11.8 Å². The van der Waals surface area contributed by atoms with Crippen LogP contribution in [0.3, 0.4) is 0 Å². The number of rotatable bonds is 5. The van der Waals surface area contributed by atoms with Gasteiger partial charge in [-0.3, -0.25) is 25.8 Å². The first kappa shape index (κ1) is 19.6. The van der Waals surface area contributed by atoms with Crippen molar-refractivity contribution in [1.82, 2.24) is 10.4 Å². The van der Waals surface area contributed by atoms with Gasteiger partial charge in [0.2, 0.25) is 5.91 Å². The lowest BCUT2D eigenvalue weighted by atomic mass is 10.1. The molecule has 11 heteroatoms. The van der Waals surface area contributed by atoms with Gasteiger partial charge in [0.25, 0.3) is 5.69 Å². The number of aromatic nitrogens is 1. The number of non-ortho nitro benzene ring substituents is 1. The van der Waals surface area contributed by atoms with Crippen LogP contribution < -0.4 is 10.9 Å². The molecule has 1 aromatic heterocycles. The quantitative estimate of drug-likeness (QED) is 0.609. The summed E-state index contributed by atoms with van der Waals surface area (Å²) < 4.78 is 38.6. The molecule has 0 aliphatic carbocycles. The van der Waals surface area contributed by atoms with Crippen molar-refractivity contribution in [3.05, 3.63) is 62.8 Å². The van der Waals surface area contributed by atoms with E-state index in [2.05, 4.69) is 15.8 Å². The number of nitro benzene ring substituents is 1. The predicted octanol–water partition coefficient (Wildman–Crippen LogP) is 2.87. The number of carbonyl (C=O) groups excluding carboxylic acids is 1. The fourth-order valence-electron chi connectivity index (χ4n) is 2.14. The highest BCUT2D eigenvalue weighted by Crippen LogP contribution is 2.30. The Hall–Kier alpha value is -3.68. The van der Waals surface area contributed by atoms with Gasteiger partial charge in [-0.15, -0.1) is 0 Å². The first-order chi connectivity index (χ1) is 12.6. The van der Waals surface area contributed by atoms with Gasteiger partial charge in [0.15, 0.2) is 5.82 Å². The van der Waals surface area contributed by atoms with Crippen LogP contribution in [-0.4, -0.2) is 15.8 Å². The van der Waals surface area contributed by atoms with E-state index in [4.69, 9.17) is 5.26 Å². The highest BCUT2D eigenvalue weighted by Gasteiger charge is 2.34. The van der Waals surface area contributed by atoms with Gasteiger partial charge in [-0.1, -0.05) is 12.1 Å². The van der Waals surface area contributed by atoms with Crippen molar-refractivity contribution in [1.29, 1.82) is 5.26 Å². The van der Waals surface area contributed by atoms with Crippen molar-refractivity contribution in [3.8, 4) is 6.07 Å². The summed E-state index contributed by atoms with van der Waals surface area (Å²) in [5, 5.41) is 19.7. The van der Waals surface area contributed by atoms with E-state index in [1.807, 2.05) is 0 Å². The van der Waals surface area contributed by atoms with Gasteiger partial charge in [-0.05, 0) is 24.1 Å². The molecule has 0 fully saturated rings. The Morgan fingerprint density at radius 2 is 1.96 bits per heavy atom. The molecule has 0 atom stereocenters. The zero-order valence-corrected chi connectivity index (χ0v) is 13.8. The summed E-state index contributed by atoms with van der Waals surface area (Å²) >= 11 is 0. The number of nitrogens with one attached hydrogen (secondary N) is 2. The molecule has 1 aromatic carbocycles. The molecule has 0 bridgehead atoms. The minimum absolute atomic E-state index is 0.0481. The van der Waals surface area contributed by atoms with E-state index in [1.54, 1.807) is 6.07 Å². The number of halogens is 3. The molecule has 0 aliphatic heterocycles. The number of amides is 1. The maximum absolute atomic E-state index is 12.9. The second-order valence-corrected chi connectivity index (χ2v) is 5.43. The molecule has 1 amide bonds. The summed E-state index contributed by atoms with van der Waals surface area (Å²) in [4.78, 5) is 25.3. The minimum Gasteiger partial charge on any atom is -0.281 e. The van der Waals surface area contributed by atoms with E-state index < -0.39 is 28.5 Å². The summed E-state index contributed by atoms with van der Waals surface area (Å²) in [7, 11) is 0. The van der Waals surface area contributed by atoms with Crippen LogP contribution in [0, 0.1) is 28.4 Å². The van der Waals surface area contributed by atoms with E-state index in [1.165, 1.54) is 31.2 Å². The van der Waals surface area contributed by atoms with Gasteiger partial charge in [0.05, 0.1) is 16.9 Å². The number of nitrogens with zero attached hydrogens (tertiary/aromatic N) is 3. The van der Waals surface area contributed by atoms with E-state index in [0.29, 0.717) is 5.56 Å². The largest absolute Gasteiger partial charge is 0.433 e. The highest BCUT2D eigenvalue weighted by atomic mass is 19.4. The Kier molecular flexibility index (Phi) is 5.60. The average Bonchev–Trinajstić information content (AvgIpc) is 2.59. The lowest BCUT2D eigenvalue weighted by molar-refractivity contribution is -0.384. The molecule has 2 N–H and O–H groups in total. The van der Waals surface area contributed by atoms with Crippen LogP contribution >= 0.6 is 0 Å². The standard InChI is InChI=1S/C16H12F3N5O3/c1-9-6-13(16(17,18)19)21-15(12(9)8-20)23-22-14(25)7-10-2-4-11(5-3-10)24(26)27/h2-6H,7H2,1H3,(H,21,23)(H,22,25). The van der Waals surface area contributed by atoms with Crippen molar-refractivity contribution >= 4 is 17.4 Å². The van der Waals surface area contributed by atoms with E-state index >= 15 is 0 Å². The highest BCUT2D eigenvalue weighted by molar-refractivity contribution is 5.80. The van der Waals surface area contributed by atoms with Crippen molar-refractivity contribution in [2.24, 2.45) is 0 Å². The number of carbonyl (C=O) groups is 1. The molecule has 0 spiro atoms. The van der Waals surface area contributed by atoms with Gasteiger partial charge < -0.3 is 0 Å². The van der Waals surface area contributed by atoms with Crippen molar-refractivity contribution in [2.45, 2.75) is 19.5 Å². The molecule has 0 radical (unpaired) electrons. The van der Waals surface area contributed by atoms with Crippen LogP contribution in [0.1, 0.15) is 22.4 Å². The van der Waals surface area contributed by atoms with Crippen molar-refractivity contribution in [2.75, 3.05) is 5.43 Å². The summed E-state index contributed by atoms with van der Waals surface area (Å²) in [6, 6.07) is 7.67. The number of nitriles is 1. The number of hydrogen-bond acceptors (Lipinski definition) is 6. The number of pyridine rings is 1. The predicted molar refractivity (Wildman–Crippen MR) is 87.3 cm³/mol. The smallest absolute Gasteiger partial charge is 0.281 e.